The molecule has 5 heteroatoms. The van der Waals surface area contributed by atoms with E-state index in [1.54, 1.807) is 44.2 Å². The number of carbonyl (C=O) groups is 3. The molecule has 0 aliphatic rings. The monoisotopic (exact) mass is 264 g/mol. The highest BCUT2D eigenvalue weighted by Gasteiger charge is 2.35. The van der Waals surface area contributed by atoms with Crippen molar-refractivity contribution in [3.63, 3.8) is 0 Å². The van der Waals surface area contributed by atoms with Crippen LogP contribution in [-0.4, -0.2) is 30.9 Å². The van der Waals surface area contributed by atoms with Crippen LogP contribution in [0.5, 0.6) is 0 Å². The third-order valence-corrected chi connectivity index (χ3v) is 2.39. The SMILES string of the molecule is CCOC(=O)C(=O)[C@H](C(=O)OCC)c1ccccc1. The van der Waals surface area contributed by atoms with Gasteiger partial charge in [0, 0.05) is 0 Å². The summed E-state index contributed by atoms with van der Waals surface area (Å²) in [6.45, 7) is 3.44. The minimum atomic E-state index is -1.26. The predicted octanol–water partition coefficient (Wildman–Crippen LogP) is 1.47. The fraction of sp³-hybridized carbons (Fsp3) is 0.357. The summed E-state index contributed by atoms with van der Waals surface area (Å²) in [6, 6.07) is 8.30. The summed E-state index contributed by atoms with van der Waals surface area (Å²) in [7, 11) is 0. The Morgan fingerprint density at radius 1 is 1.00 bits per heavy atom. The number of hydrogen-bond donors (Lipinski definition) is 0. The lowest BCUT2D eigenvalue weighted by molar-refractivity contribution is -0.159. The Bertz CT molecular complexity index is 452. The van der Waals surface area contributed by atoms with E-state index in [9.17, 15) is 14.4 Å². The van der Waals surface area contributed by atoms with Crippen LogP contribution in [0.3, 0.4) is 0 Å². The van der Waals surface area contributed by atoms with Crippen LogP contribution in [-0.2, 0) is 23.9 Å². The van der Waals surface area contributed by atoms with Crippen molar-refractivity contribution >= 4 is 17.7 Å². The second kappa shape index (κ2) is 7.31. The maximum atomic E-state index is 12.0. The highest BCUT2D eigenvalue weighted by molar-refractivity contribution is 6.39. The molecule has 0 spiro atoms. The first-order chi connectivity index (χ1) is 9.11. The zero-order valence-electron chi connectivity index (χ0n) is 10.9. The van der Waals surface area contributed by atoms with Gasteiger partial charge in [-0.25, -0.2) is 4.79 Å². The van der Waals surface area contributed by atoms with Gasteiger partial charge in [0.15, 0.2) is 5.92 Å². The molecule has 1 aromatic rings. The molecule has 0 aromatic heterocycles. The highest BCUT2D eigenvalue weighted by atomic mass is 16.5. The molecule has 102 valence electrons. The van der Waals surface area contributed by atoms with Gasteiger partial charge in [0.2, 0.25) is 0 Å². The summed E-state index contributed by atoms with van der Waals surface area (Å²) < 4.78 is 9.48. The lowest BCUT2D eigenvalue weighted by Crippen LogP contribution is -2.31. The Morgan fingerprint density at radius 2 is 1.58 bits per heavy atom. The lowest BCUT2D eigenvalue weighted by Gasteiger charge is -2.13. The number of carbonyl (C=O) groups excluding carboxylic acids is 3. The molecule has 1 rings (SSSR count). The standard InChI is InChI=1S/C14H16O5/c1-3-18-13(16)11(10-8-6-5-7-9-10)12(15)14(17)19-4-2/h5-9,11H,3-4H2,1-2H3/t11-/m1/s1. The van der Waals surface area contributed by atoms with Crippen molar-refractivity contribution in [2.75, 3.05) is 13.2 Å². The number of Topliss-reactive ketones (excluding diaryl/α,β-unsaturated/α-hetero) is 1. The quantitative estimate of drug-likeness (QED) is 0.442. The summed E-state index contributed by atoms with van der Waals surface area (Å²) >= 11 is 0. The van der Waals surface area contributed by atoms with E-state index in [0.717, 1.165) is 0 Å². The van der Waals surface area contributed by atoms with Crippen molar-refractivity contribution in [3.05, 3.63) is 35.9 Å². The predicted molar refractivity (Wildman–Crippen MR) is 67.5 cm³/mol. The molecule has 0 aliphatic carbocycles. The number of benzene rings is 1. The largest absolute Gasteiger partial charge is 0.465 e. The maximum absolute atomic E-state index is 12.0. The first-order valence-electron chi connectivity index (χ1n) is 6.04. The van der Waals surface area contributed by atoms with Crippen molar-refractivity contribution in [2.24, 2.45) is 0 Å². The van der Waals surface area contributed by atoms with Crippen LogP contribution in [0.15, 0.2) is 30.3 Å². The van der Waals surface area contributed by atoms with E-state index in [2.05, 4.69) is 4.74 Å². The minimum absolute atomic E-state index is 0.0783. The van der Waals surface area contributed by atoms with Crippen molar-refractivity contribution in [1.29, 1.82) is 0 Å². The van der Waals surface area contributed by atoms with Crippen LogP contribution in [0.4, 0.5) is 0 Å². The number of ether oxygens (including phenoxy) is 2. The number of rotatable bonds is 6. The van der Waals surface area contributed by atoms with E-state index in [0.29, 0.717) is 5.56 Å². The summed E-state index contributed by atoms with van der Waals surface area (Å²) in [4.78, 5) is 35.3. The van der Waals surface area contributed by atoms with E-state index in [-0.39, 0.29) is 13.2 Å². The Kier molecular flexibility index (Phi) is 5.73. The van der Waals surface area contributed by atoms with Gasteiger partial charge < -0.3 is 9.47 Å². The van der Waals surface area contributed by atoms with E-state index >= 15 is 0 Å². The van der Waals surface area contributed by atoms with Crippen molar-refractivity contribution in [1.82, 2.24) is 0 Å². The molecular formula is C14H16O5. The average molecular weight is 264 g/mol. The van der Waals surface area contributed by atoms with Gasteiger partial charge in [-0.2, -0.15) is 0 Å². The fourth-order valence-electron chi connectivity index (χ4n) is 1.59. The molecule has 0 aliphatic heterocycles. The summed E-state index contributed by atoms with van der Waals surface area (Å²) in [5, 5.41) is 0. The molecule has 0 saturated heterocycles. The molecule has 1 aromatic carbocycles. The van der Waals surface area contributed by atoms with E-state index in [4.69, 9.17) is 4.74 Å². The number of hydrogen-bond acceptors (Lipinski definition) is 5. The Balaban J connectivity index is 3.03. The lowest BCUT2D eigenvalue weighted by atomic mass is 9.95. The molecule has 19 heavy (non-hydrogen) atoms. The Morgan fingerprint density at radius 3 is 2.11 bits per heavy atom. The van der Waals surface area contributed by atoms with Gasteiger partial charge in [0.05, 0.1) is 13.2 Å². The van der Waals surface area contributed by atoms with Crippen LogP contribution >= 0.6 is 0 Å². The van der Waals surface area contributed by atoms with Gasteiger partial charge in [0.25, 0.3) is 5.78 Å². The van der Waals surface area contributed by atoms with E-state index in [1.807, 2.05) is 0 Å². The molecule has 0 bridgehead atoms. The van der Waals surface area contributed by atoms with Crippen LogP contribution in [0.1, 0.15) is 25.3 Å². The van der Waals surface area contributed by atoms with Crippen LogP contribution in [0.2, 0.25) is 0 Å². The first kappa shape index (κ1) is 14.9. The van der Waals surface area contributed by atoms with Gasteiger partial charge in [-0.3, -0.25) is 9.59 Å². The molecular weight excluding hydrogens is 248 g/mol. The Labute approximate surface area is 111 Å². The van der Waals surface area contributed by atoms with E-state index in [1.165, 1.54) is 0 Å². The average Bonchev–Trinajstić information content (AvgIpc) is 2.40. The topological polar surface area (TPSA) is 69.7 Å². The molecule has 1 atom stereocenters. The van der Waals surface area contributed by atoms with Crippen molar-refractivity contribution in [2.45, 2.75) is 19.8 Å². The van der Waals surface area contributed by atoms with E-state index < -0.39 is 23.6 Å². The molecule has 0 amide bonds. The zero-order chi connectivity index (χ0) is 14.3. The maximum Gasteiger partial charge on any atom is 0.375 e. The Hall–Kier alpha value is -2.17. The zero-order valence-corrected chi connectivity index (χ0v) is 10.9. The molecule has 0 fully saturated rings. The van der Waals surface area contributed by atoms with Gasteiger partial charge in [-0.1, -0.05) is 30.3 Å². The third-order valence-electron chi connectivity index (χ3n) is 2.39. The molecule has 0 N–H and O–H groups in total. The molecule has 5 nitrogen and oxygen atoms in total. The second-order valence-corrected chi connectivity index (χ2v) is 3.68. The van der Waals surface area contributed by atoms with Gasteiger partial charge in [-0.15, -0.1) is 0 Å². The third kappa shape index (κ3) is 3.91. The fourth-order valence-corrected chi connectivity index (χ4v) is 1.59. The smallest absolute Gasteiger partial charge is 0.375 e. The summed E-state index contributed by atoms with van der Waals surface area (Å²) in [6.07, 6.45) is 0. The summed E-state index contributed by atoms with van der Waals surface area (Å²) in [5.74, 6) is -3.94. The van der Waals surface area contributed by atoms with Gasteiger partial charge >= 0.3 is 11.9 Å². The molecule has 0 unspecified atom stereocenters. The van der Waals surface area contributed by atoms with Crippen molar-refractivity contribution in [3.8, 4) is 0 Å². The normalized spacial score (nSPS) is 11.5. The van der Waals surface area contributed by atoms with Crippen molar-refractivity contribution < 1.29 is 23.9 Å². The second-order valence-electron chi connectivity index (χ2n) is 3.68. The summed E-state index contributed by atoms with van der Waals surface area (Å²) in [5.41, 5.74) is 0.416. The highest BCUT2D eigenvalue weighted by Crippen LogP contribution is 2.19. The van der Waals surface area contributed by atoms with Gasteiger partial charge in [-0.05, 0) is 19.4 Å². The first-order valence-corrected chi connectivity index (χ1v) is 6.04. The van der Waals surface area contributed by atoms with Crippen LogP contribution in [0, 0.1) is 0 Å². The molecule has 0 radical (unpaired) electrons. The van der Waals surface area contributed by atoms with Crippen LogP contribution in [0.25, 0.3) is 0 Å². The number of esters is 2. The molecule has 0 heterocycles. The minimum Gasteiger partial charge on any atom is -0.465 e. The van der Waals surface area contributed by atoms with Crippen LogP contribution < -0.4 is 0 Å². The number of ketones is 1. The van der Waals surface area contributed by atoms with Gasteiger partial charge in [0.1, 0.15) is 0 Å². The molecule has 0 saturated carbocycles.